The molecule has 25 heavy (non-hydrogen) atoms. The van der Waals surface area contributed by atoms with Gasteiger partial charge >= 0.3 is 0 Å². The first-order valence-electron chi connectivity index (χ1n) is 9.81. The van der Waals surface area contributed by atoms with Gasteiger partial charge in [-0.25, -0.2) is 0 Å². The number of carbonyl (C=O) groups is 1. The summed E-state index contributed by atoms with van der Waals surface area (Å²) in [6, 6.07) is 0. The lowest BCUT2D eigenvalue weighted by Crippen LogP contribution is -2.47. The Morgan fingerprint density at radius 3 is 2.80 bits per heavy atom. The van der Waals surface area contributed by atoms with Gasteiger partial charge in [0.1, 0.15) is 0 Å². The van der Waals surface area contributed by atoms with Crippen molar-refractivity contribution in [3.63, 3.8) is 0 Å². The first kappa shape index (κ1) is 20.0. The first-order chi connectivity index (χ1) is 12.1. The molecule has 7 heteroatoms. The maximum absolute atomic E-state index is 11.2. The van der Waals surface area contributed by atoms with Crippen LogP contribution in [0.3, 0.4) is 0 Å². The number of aliphatic imine (C=N–C) groups is 1. The fourth-order valence-corrected chi connectivity index (χ4v) is 3.76. The van der Waals surface area contributed by atoms with Gasteiger partial charge in [0.25, 0.3) is 0 Å². The molecule has 7 nitrogen and oxygen atoms in total. The van der Waals surface area contributed by atoms with E-state index in [9.17, 15) is 4.79 Å². The predicted molar refractivity (Wildman–Crippen MR) is 103 cm³/mol. The van der Waals surface area contributed by atoms with Crippen LogP contribution in [0.25, 0.3) is 0 Å². The molecule has 2 saturated heterocycles. The zero-order chi connectivity index (χ0) is 18.1. The van der Waals surface area contributed by atoms with E-state index in [-0.39, 0.29) is 5.91 Å². The number of likely N-dealkylation sites (tertiary alicyclic amines) is 1. The van der Waals surface area contributed by atoms with E-state index in [0.717, 1.165) is 64.6 Å². The van der Waals surface area contributed by atoms with Crippen LogP contribution in [0.5, 0.6) is 0 Å². The summed E-state index contributed by atoms with van der Waals surface area (Å²) in [4.78, 5) is 23.3. The van der Waals surface area contributed by atoms with Crippen molar-refractivity contribution in [2.24, 2.45) is 16.6 Å². The molecule has 0 aliphatic carbocycles. The molecule has 2 rings (SSSR count). The number of likely N-dealkylation sites (N-methyl/N-ethyl adjacent to an activating group) is 1. The number of primary amides is 1. The second-order valence-electron chi connectivity index (χ2n) is 7.36. The monoisotopic (exact) mass is 352 g/mol. The van der Waals surface area contributed by atoms with Gasteiger partial charge in [0.2, 0.25) is 5.91 Å². The van der Waals surface area contributed by atoms with Gasteiger partial charge in [0.05, 0.1) is 6.54 Å². The van der Waals surface area contributed by atoms with Gasteiger partial charge in [0.15, 0.2) is 5.96 Å². The van der Waals surface area contributed by atoms with Gasteiger partial charge in [-0.05, 0) is 52.2 Å². The Morgan fingerprint density at radius 2 is 2.04 bits per heavy atom. The van der Waals surface area contributed by atoms with Crippen LogP contribution < -0.4 is 11.1 Å². The third-order valence-electron chi connectivity index (χ3n) is 5.13. The molecule has 1 amide bonds. The molecule has 1 unspecified atom stereocenters. The van der Waals surface area contributed by atoms with Gasteiger partial charge in [-0.15, -0.1) is 0 Å². The van der Waals surface area contributed by atoms with E-state index < -0.39 is 0 Å². The Kier molecular flexibility index (Phi) is 8.48. The molecular weight excluding hydrogens is 316 g/mol. The largest absolute Gasteiger partial charge is 0.370 e. The number of rotatable bonds is 6. The minimum Gasteiger partial charge on any atom is -0.370 e. The number of hydrogen-bond donors (Lipinski definition) is 2. The number of hydrogen-bond acceptors (Lipinski definition) is 4. The zero-order valence-electron chi connectivity index (χ0n) is 16.0. The second kappa shape index (κ2) is 10.6. The van der Waals surface area contributed by atoms with Gasteiger partial charge in [-0.1, -0.05) is 0 Å². The Balaban J connectivity index is 1.85. The fourth-order valence-electron chi connectivity index (χ4n) is 3.76. The van der Waals surface area contributed by atoms with Crippen molar-refractivity contribution < 1.29 is 4.79 Å². The number of amides is 1. The van der Waals surface area contributed by atoms with Gasteiger partial charge in [-0.2, -0.15) is 0 Å². The fraction of sp³-hybridized carbons (Fsp3) is 0.889. The van der Waals surface area contributed by atoms with E-state index in [4.69, 9.17) is 10.7 Å². The maximum Gasteiger partial charge on any atom is 0.217 e. The van der Waals surface area contributed by atoms with Gasteiger partial charge in [-0.3, -0.25) is 9.79 Å². The van der Waals surface area contributed by atoms with E-state index >= 15 is 0 Å². The normalized spacial score (nSPS) is 24.2. The minimum atomic E-state index is -0.195. The van der Waals surface area contributed by atoms with Crippen LogP contribution in [0.4, 0.5) is 0 Å². The molecule has 2 aliphatic rings. The van der Waals surface area contributed by atoms with Crippen molar-refractivity contribution in [1.29, 1.82) is 0 Å². The molecule has 2 fully saturated rings. The molecule has 0 aromatic heterocycles. The number of piperidine rings is 1. The highest BCUT2D eigenvalue weighted by molar-refractivity contribution is 5.80. The third kappa shape index (κ3) is 7.20. The first-order valence-corrected chi connectivity index (χ1v) is 9.81. The van der Waals surface area contributed by atoms with Crippen molar-refractivity contribution in [2.45, 2.75) is 32.6 Å². The Morgan fingerprint density at radius 1 is 1.20 bits per heavy atom. The van der Waals surface area contributed by atoms with Crippen molar-refractivity contribution in [1.82, 2.24) is 20.0 Å². The lowest BCUT2D eigenvalue weighted by Gasteiger charge is -2.34. The van der Waals surface area contributed by atoms with Gasteiger partial charge in [0, 0.05) is 45.7 Å². The highest BCUT2D eigenvalue weighted by Crippen LogP contribution is 2.19. The number of nitrogens with one attached hydrogen (secondary N) is 1. The smallest absolute Gasteiger partial charge is 0.217 e. The second-order valence-corrected chi connectivity index (χ2v) is 7.36. The van der Waals surface area contributed by atoms with Crippen LogP contribution in [-0.2, 0) is 4.79 Å². The third-order valence-corrected chi connectivity index (χ3v) is 5.13. The quantitative estimate of drug-likeness (QED) is 0.527. The molecule has 2 heterocycles. The van der Waals surface area contributed by atoms with E-state index in [1.807, 2.05) is 0 Å². The summed E-state index contributed by atoms with van der Waals surface area (Å²) >= 11 is 0. The summed E-state index contributed by atoms with van der Waals surface area (Å²) in [5.74, 6) is 1.15. The molecule has 0 radical (unpaired) electrons. The average Bonchev–Trinajstić information content (AvgIpc) is 2.78. The highest BCUT2D eigenvalue weighted by Gasteiger charge is 2.23. The summed E-state index contributed by atoms with van der Waals surface area (Å²) in [7, 11) is 2.20. The van der Waals surface area contributed by atoms with Crippen LogP contribution >= 0.6 is 0 Å². The van der Waals surface area contributed by atoms with E-state index in [1.165, 1.54) is 19.5 Å². The van der Waals surface area contributed by atoms with E-state index in [0.29, 0.717) is 12.3 Å². The van der Waals surface area contributed by atoms with E-state index in [1.54, 1.807) is 0 Å². The standard InChI is InChI=1S/C18H36N6O/c1-3-20-18(24-10-4-6-16(15-24)14-17(19)25)21-7-11-23-9-5-8-22(2)12-13-23/h16H,3-15H2,1-2H3,(H2,19,25)(H,20,21). The maximum atomic E-state index is 11.2. The summed E-state index contributed by atoms with van der Waals surface area (Å²) in [5.41, 5.74) is 5.38. The molecule has 0 saturated carbocycles. The highest BCUT2D eigenvalue weighted by atomic mass is 16.1. The van der Waals surface area contributed by atoms with Crippen LogP contribution in [0.2, 0.25) is 0 Å². The van der Waals surface area contributed by atoms with Crippen LogP contribution in [0, 0.1) is 5.92 Å². The number of carbonyl (C=O) groups excluding carboxylic acids is 1. The Bertz CT molecular complexity index is 441. The number of nitrogens with zero attached hydrogens (tertiary/aromatic N) is 4. The van der Waals surface area contributed by atoms with Crippen molar-refractivity contribution in [3.05, 3.63) is 0 Å². The predicted octanol–water partition coefficient (Wildman–Crippen LogP) is 0.177. The lowest BCUT2D eigenvalue weighted by molar-refractivity contribution is -0.119. The topological polar surface area (TPSA) is 77.2 Å². The lowest BCUT2D eigenvalue weighted by atomic mass is 9.95. The van der Waals surface area contributed by atoms with Gasteiger partial charge < -0.3 is 25.8 Å². The van der Waals surface area contributed by atoms with Crippen LogP contribution in [0.15, 0.2) is 4.99 Å². The summed E-state index contributed by atoms with van der Waals surface area (Å²) in [6.45, 7) is 11.3. The van der Waals surface area contributed by atoms with Crippen molar-refractivity contribution in [3.8, 4) is 0 Å². The van der Waals surface area contributed by atoms with E-state index in [2.05, 4.69) is 34.0 Å². The average molecular weight is 353 g/mol. The molecule has 144 valence electrons. The number of guanidine groups is 1. The molecule has 0 aromatic rings. The summed E-state index contributed by atoms with van der Waals surface area (Å²) in [6.07, 6.45) is 3.90. The number of nitrogens with two attached hydrogens (primary N) is 1. The SMILES string of the molecule is CCNC(=NCCN1CCCN(C)CC1)N1CCCC(CC(N)=O)C1. The van der Waals surface area contributed by atoms with Crippen molar-refractivity contribution in [2.75, 3.05) is 66.0 Å². The Hall–Kier alpha value is -1.34. The molecule has 2 aliphatic heterocycles. The molecule has 0 aromatic carbocycles. The van der Waals surface area contributed by atoms with Crippen LogP contribution in [0.1, 0.15) is 32.6 Å². The summed E-state index contributed by atoms with van der Waals surface area (Å²) < 4.78 is 0. The molecule has 0 spiro atoms. The molecule has 0 bridgehead atoms. The van der Waals surface area contributed by atoms with Crippen LogP contribution in [-0.4, -0.2) is 92.5 Å². The van der Waals surface area contributed by atoms with Crippen molar-refractivity contribution >= 4 is 11.9 Å². The summed E-state index contributed by atoms with van der Waals surface area (Å²) in [5, 5.41) is 3.42. The minimum absolute atomic E-state index is 0.195. The molecular formula is C18H36N6O. The zero-order valence-corrected chi connectivity index (χ0v) is 16.0. The molecule has 3 N–H and O–H groups in total. The molecule has 1 atom stereocenters. The Labute approximate surface area is 152 Å².